The maximum atomic E-state index is 10.5. The van der Waals surface area contributed by atoms with Crippen molar-refractivity contribution in [3.05, 3.63) is 35.9 Å². The summed E-state index contributed by atoms with van der Waals surface area (Å²) in [6, 6.07) is 10.9. The number of hydrogen-bond acceptors (Lipinski definition) is 2. The highest BCUT2D eigenvalue weighted by atomic mass is 16.4. The van der Waals surface area contributed by atoms with Gasteiger partial charge in [-0.2, -0.15) is 0 Å². The van der Waals surface area contributed by atoms with E-state index in [-0.39, 0.29) is 6.42 Å². The van der Waals surface area contributed by atoms with Gasteiger partial charge in [0.15, 0.2) is 0 Å². The lowest BCUT2D eigenvalue weighted by Gasteiger charge is -2.43. The van der Waals surface area contributed by atoms with Gasteiger partial charge in [-0.1, -0.05) is 30.3 Å². The highest BCUT2D eigenvalue weighted by Gasteiger charge is 2.30. The van der Waals surface area contributed by atoms with E-state index in [1.807, 2.05) is 6.07 Å². The van der Waals surface area contributed by atoms with Crippen molar-refractivity contribution in [2.24, 2.45) is 0 Å². The van der Waals surface area contributed by atoms with Crippen LogP contribution in [0.5, 0.6) is 0 Å². The van der Waals surface area contributed by atoms with E-state index in [4.69, 9.17) is 5.11 Å². The van der Waals surface area contributed by atoms with Crippen molar-refractivity contribution in [1.29, 1.82) is 0 Å². The number of benzene rings is 1. The number of hydrogen-bond donors (Lipinski definition) is 1. The van der Waals surface area contributed by atoms with Crippen molar-refractivity contribution < 1.29 is 9.90 Å². The molecule has 1 saturated heterocycles. The van der Waals surface area contributed by atoms with Crippen LogP contribution in [-0.2, 0) is 4.79 Å². The quantitative estimate of drug-likeness (QED) is 0.848. The van der Waals surface area contributed by atoms with E-state index in [1.165, 1.54) is 5.56 Å². The number of carboxylic acid groups (broad SMARTS) is 1. The van der Waals surface area contributed by atoms with E-state index in [1.54, 1.807) is 0 Å². The summed E-state index contributed by atoms with van der Waals surface area (Å²) in [5.41, 5.74) is 1.40. The van der Waals surface area contributed by atoms with Crippen LogP contribution in [0.4, 0.5) is 0 Å². The topological polar surface area (TPSA) is 40.5 Å². The van der Waals surface area contributed by atoms with Crippen LogP contribution in [0.15, 0.2) is 30.3 Å². The Morgan fingerprint density at radius 1 is 1.41 bits per heavy atom. The van der Waals surface area contributed by atoms with Crippen LogP contribution in [0.1, 0.15) is 31.2 Å². The van der Waals surface area contributed by atoms with Crippen LogP contribution in [0.2, 0.25) is 0 Å². The molecule has 0 aliphatic carbocycles. The SMILES string of the molecule is CC(CCC(=O)O)N1CC(c2ccccc2)C1. The number of carboxylic acids is 1. The van der Waals surface area contributed by atoms with Gasteiger partial charge in [-0.05, 0) is 18.9 Å². The summed E-state index contributed by atoms with van der Waals surface area (Å²) < 4.78 is 0. The minimum Gasteiger partial charge on any atom is -0.481 e. The number of carbonyl (C=O) groups is 1. The molecule has 3 nitrogen and oxygen atoms in total. The molecule has 1 N–H and O–H groups in total. The Morgan fingerprint density at radius 3 is 2.65 bits per heavy atom. The molecule has 1 aromatic rings. The van der Waals surface area contributed by atoms with Crippen molar-refractivity contribution in [1.82, 2.24) is 4.90 Å². The zero-order chi connectivity index (χ0) is 12.3. The zero-order valence-corrected chi connectivity index (χ0v) is 10.2. The second kappa shape index (κ2) is 5.32. The first-order valence-corrected chi connectivity index (χ1v) is 6.17. The molecule has 92 valence electrons. The summed E-state index contributed by atoms with van der Waals surface area (Å²) in [5.74, 6) is -0.0690. The standard InChI is InChI=1S/C14H19NO2/c1-11(7-8-14(16)17)15-9-13(10-15)12-5-3-2-4-6-12/h2-6,11,13H,7-10H2,1H3,(H,16,17). The van der Waals surface area contributed by atoms with E-state index in [0.29, 0.717) is 12.0 Å². The maximum absolute atomic E-state index is 10.5. The van der Waals surface area contributed by atoms with Gasteiger partial charge >= 0.3 is 5.97 Å². The lowest BCUT2D eigenvalue weighted by atomic mass is 9.89. The van der Waals surface area contributed by atoms with Crippen molar-refractivity contribution in [3.8, 4) is 0 Å². The summed E-state index contributed by atoms with van der Waals surface area (Å²) in [5, 5.41) is 8.65. The predicted molar refractivity (Wildman–Crippen MR) is 67.1 cm³/mol. The fraction of sp³-hybridized carbons (Fsp3) is 0.500. The molecule has 17 heavy (non-hydrogen) atoms. The third-order valence-corrected chi connectivity index (χ3v) is 3.58. The molecule has 0 bridgehead atoms. The maximum Gasteiger partial charge on any atom is 0.303 e. The first kappa shape index (κ1) is 12.1. The highest BCUT2D eigenvalue weighted by Crippen LogP contribution is 2.29. The Balaban J connectivity index is 1.77. The molecule has 0 radical (unpaired) electrons. The first-order valence-electron chi connectivity index (χ1n) is 6.17. The number of aliphatic carboxylic acids is 1. The lowest BCUT2D eigenvalue weighted by Crippen LogP contribution is -2.49. The third kappa shape index (κ3) is 3.07. The first-order chi connectivity index (χ1) is 8.16. The van der Waals surface area contributed by atoms with Crippen LogP contribution in [0, 0.1) is 0 Å². The minimum absolute atomic E-state index is 0.271. The number of rotatable bonds is 5. The van der Waals surface area contributed by atoms with Crippen LogP contribution in [0.3, 0.4) is 0 Å². The molecule has 2 rings (SSSR count). The predicted octanol–water partition coefficient (Wildman–Crippen LogP) is 2.34. The van der Waals surface area contributed by atoms with E-state index in [9.17, 15) is 4.79 Å². The molecule has 1 fully saturated rings. The summed E-state index contributed by atoms with van der Waals surface area (Å²) in [6.07, 6.45) is 1.02. The lowest BCUT2D eigenvalue weighted by molar-refractivity contribution is -0.137. The normalized spacial score (nSPS) is 18.6. The smallest absolute Gasteiger partial charge is 0.303 e. The molecule has 1 aromatic carbocycles. The highest BCUT2D eigenvalue weighted by molar-refractivity contribution is 5.66. The Labute approximate surface area is 102 Å². The van der Waals surface area contributed by atoms with E-state index in [0.717, 1.165) is 19.5 Å². The molecular formula is C14H19NO2. The summed E-state index contributed by atoms with van der Waals surface area (Å²) in [7, 11) is 0. The molecule has 1 aliphatic heterocycles. The molecule has 0 saturated carbocycles. The zero-order valence-electron chi connectivity index (χ0n) is 10.2. The van der Waals surface area contributed by atoms with Gasteiger partial charge < -0.3 is 5.11 Å². The van der Waals surface area contributed by atoms with Crippen LogP contribution in [-0.4, -0.2) is 35.1 Å². The van der Waals surface area contributed by atoms with Crippen molar-refractivity contribution in [3.63, 3.8) is 0 Å². The van der Waals surface area contributed by atoms with Gasteiger partial charge in [0.25, 0.3) is 0 Å². The molecule has 0 aromatic heterocycles. The van der Waals surface area contributed by atoms with Crippen LogP contribution < -0.4 is 0 Å². The summed E-state index contributed by atoms with van der Waals surface area (Å²) >= 11 is 0. The molecule has 3 heteroatoms. The summed E-state index contributed by atoms with van der Waals surface area (Å²) in [4.78, 5) is 12.9. The Morgan fingerprint density at radius 2 is 2.06 bits per heavy atom. The fourth-order valence-electron chi connectivity index (χ4n) is 2.32. The molecule has 1 heterocycles. The van der Waals surface area contributed by atoms with E-state index in [2.05, 4.69) is 36.1 Å². The van der Waals surface area contributed by atoms with Gasteiger partial charge in [0.1, 0.15) is 0 Å². The second-order valence-corrected chi connectivity index (χ2v) is 4.84. The average molecular weight is 233 g/mol. The molecule has 1 atom stereocenters. The molecule has 0 amide bonds. The monoisotopic (exact) mass is 233 g/mol. The molecule has 1 unspecified atom stereocenters. The van der Waals surface area contributed by atoms with Crippen molar-refractivity contribution >= 4 is 5.97 Å². The van der Waals surface area contributed by atoms with Gasteiger partial charge in [-0.25, -0.2) is 0 Å². The third-order valence-electron chi connectivity index (χ3n) is 3.58. The molecule has 0 spiro atoms. The van der Waals surface area contributed by atoms with Crippen LogP contribution >= 0.6 is 0 Å². The van der Waals surface area contributed by atoms with Gasteiger partial charge in [0.2, 0.25) is 0 Å². The van der Waals surface area contributed by atoms with E-state index < -0.39 is 5.97 Å². The van der Waals surface area contributed by atoms with Gasteiger partial charge in [0, 0.05) is 31.5 Å². The van der Waals surface area contributed by atoms with Crippen molar-refractivity contribution in [2.45, 2.75) is 31.7 Å². The van der Waals surface area contributed by atoms with Gasteiger partial charge in [0.05, 0.1) is 0 Å². The molecular weight excluding hydrogens is 214 g/mol. The second-order valence-electron chi connectivity index (χ2n) is 4.84. The van der Waals surface area contributed by atoms with E-state index >= 15 is 0 Å². The largest absolute Gasteiger partial charge is 0.481 e. The molecule has 1 aliphatic rings. The average Bonchev–Trinajstić information content (AvgIpc) is 2.26. The Hall–Kier alpha value is -1.35. The Kier molecular flexibility index (Phi) is 3.79. The fourth-order valence-corrected chi connectivity index (χ4v) is 2.32. The minimum atomic E-state index is -0.697. The summed E-state index contributed by atoms with van der Waals surface area (Å²) in [6.45, 7) is 4.24. The van der Waals surface area contributed by atoms with Gasteiger partial charge in [-0.3, -0.25) is 9.69 Å². The Bertz CT molecular complexity index is 371. The number of nitrogens with zero attached hydrogens (tertiary/aromatic N) is 1. The van der Waals surface area contributed by atoms with Gasteiger partial charge in [-0.15, -0.1) is 0 Å². The number of likely N-dealkylation sites (tertiary alicyclic amines) is 1. The van der Waals surface area contributed by atoms with Crippen LogP contribution in [0.25, 0.3) is 0 Å². The van der Waals surface area contributed by atoms with Crippen molar-refractivity contribution in [2.75, 3.05) is 13.1 Å².